The highest BCUT2D eigenvalue weighted by atomic mass is 19.1. The van der Waals surface area contributed by atoms with Gasteiger partial charge in [-0.05, 0) is 42.9 Å². The lowest BCUT2D eigenvalue weighted by Crippen LogP contribution is -2.41. The minimum absolute atomic E-state index is 0.0383. The van der Waals surface area contributed by atoms with E-state index in [1.54, 1.807) is 18.2 Å². The predicted octanol–water partition coefficient (Wildman–Crippen LogP) is 3.72. The zero-order chi connectivity index (χ0) is 16.8. The number of amides is 1. The Morgan fingerprint density at radius 3 is 2.42 bits per heavy atom. The Morgan fingerprint density at radius 1 is 1.04 bits per heavy atom. The van der Waals surface area contributed by atoms with Gasteiger partial charge in [0.2, 0.25) is 5.91 Å². The molecule has 1 aliphatic rings. The predicted molar refractivity (Wildman–Crippen MR) is 94.3 cm³/mol. The van der Waals surface area contributed by atoms with Crippen LogP contribution in [-0.4, -0.2) is 30.4 Å². The van der Waals surface area contributed by atoms with Crippen molar-refractivity contribution in [2.45, 2.75) is 19.3 Å². The molecule has 1 saturated heterocycles. The average Bonchev–Trinajstić information content (AvgIpc) is 2.62. The number of piperidine rings is 1. The summed E-state index contributed by atoms with van der Waals surface area (Å²) >= 11 is 0. The molecule has 0 atom stereocenters. The third-order valence-electron chi connectivity index (χ3n) is 4.64. The summed E-state index contributed by atoms with van der Waals surface area (Å²) in [4.78, 5) is 14.2. The molecule has 0 saturated carbocycles. The Labute approximate surface area is 142 Å². The van der Waals surface area contributed by atoms with Gasteiger partial charge in [-0.2, -0.15) is 0 Å². The molecule has 1 fully saturated rings. The molecule has 4 heteroatoms. The highest BCUT2D eigenvalue weighted by molar-refractivity contribution is 5.81. The van der Waals surface area contributed by atoms with E-state index in [1.807, 2.05) is 11.0 Å². The monoisotopic (exact) mass is 326 g/mol. The summed E-state index contributed by atoms with van der Waals surface area (Å²) in [5.74, 6) is 0.347. The highest BCUT2D eigenvalue weighted by Crippen LogP contribution is 2.22. The lowest BCUT2D eigenvalue weighted by Gasteiger charge is -2.32. The molecular formula is C20H23FN2O. The molecule has 0 radical (unpaired) electrons. The van der Waals surface area contributed by atoms with E-state index in [2.05, 4.69) is 29.6 Å². The van der Waals surface area contributed by atoms with Gasteiger partial charge in [-0.25, -0.2) is 4.39 Å². The van der Waals surface area contributed by atoms with Crippen LogP contribution < -0.4 is 5.32 Å². The summed E-state index contributed by atoms with van der Waals surface area (Å²) in [6.45, 7) is 1.72. The van der Waals surface area contributed by atoms with Gasteiger partial charge in [0.15, 0.2) is 0 Å². The fourth-order valence-corrected chi connectivity index (χ4v) is 3.22. The van der Waals surface area contributed by atoms with Crippen molar-refractivity contribution < 1.29 is 9.18 Å². The van der Waals surface area contributed by atoms with Gasteiger partial charge in [0, 0.05) is 13.1 Å². The van der Waals surface area contributed by atoms with Crippen molar-refractivity contribution in [2.24, 2.45) is 5.92 Å². The zero-order valence-electron chi connectivity index (χ0n) is 13.7. The Morgan fingerprint density at radius 2 is 1.71 bits per heavy atom. The number of nitrogens with zero attached hydrogens (tertiary/aromatic N) is 1. The molecule has 0 spiro atoms. The number of benzene rings is 2. The molecule has 2 aromatic carbocycles. The Balaban J connectivity index is 1.44. The number of hydrogen-bond acceptors (Lipinski definition) is 2. The molecular weight excluding hydrogens is 303 g/mol. The molecule has 1 heterocycles. The lowest BCUT2D eigenvalue weighted by atomic mass is 9.90. The van der Waals surface area contributed by atoms with Crippen LogP contribution in [0.15, 0.2) is 54.6 Å². The summed E-state index contributed by atoms with van der Waals surface area (Å²) in [6, 6.07) is 16.9. The normalized spacial score (nSPS) is 15.3. The summed E-state index contributed by atoms with van der Waals surface area (Å²) in [5, 5.41) is 2.89. The second-order valence-corrected chi connectivity index (χ2v) is 6.35. The van der Waals surface area contributed by atoms with Crippen LogP contribution in [0.2, 0.25) is 0 Å². The fraction of sp³-hybridized carbons (Fsp3) is 0.350. The first-order valence-corrected chi connectivity index (χ1v) is 8.52. The molecule has 24 heavy (non-hydrogen) atoms. The van der Waals surface area contributed by atoms with Crippen molar-refractivity contribution >= 4 is 11.6 Å². The van der Waals surface area contributed by atoms with E-state index in [0.717, 1.165) is 32.4 Å². The molecule has 0 aromatic heterocycles. The van der Waals surface area contributed by atoms with Crippen molar-refractivity contribution in [3.8, 4) is 0 Å². The van der Waals surface area contributed by atoms with Gasteiger partial charge in [-0.1, -0.05) is 42.5 Å². The number of nitrogens with one attached hydrogen (secondary N) is 1. The third kappa shape index (κ3) is 4.34. The first-order chi connectivity index (χ1) is 11.7. The van der Waals surface area contributed by atoms with Crippen molar-refractivity contribution in [1.82, 2.24) is 4.90 Å². The Kier molecular flexibility index (Phi) is 5.47. The van der Waals surface area contributed by atoms with Crippen LogP contribution in [0.1, 0.15) is 18.4 Å². The maximum Gasteiger partial charge on any atom is 0.241 e. The first kappa shape index (κ1) is 16.5. The molecule has 1 N–H and O–H groups in total. The van der Waals surface area contributed by atoms with Crippen molar-refractivity contribution in [3.63, 3.8) is 0 Å². The van der Waals surface area contributed by atoms with Crippen molar-refractivity contribution in [3.05, 3.63) is 66.0 Å². The number of hydrogen-bond donors (Lipinski definition) is 1. The highest BCUT2D eigenvalue weighted by Gasteiger charge is 2.22. The van der Waals surface area contributed by atoms with Crippen LogP contribution in [-0.2, 0) is 11.2 Å². The van der Waals surface area contributed by atoms with Gasteiger partial charge >= 0.3 is 0 Å². The van der Waals surface area contributed by atoms with Gasteiger partial charge in [-0.3, -0.25) is 4.79 Å². The molecule has 3 rings (SSSR count). The smallest absolute Gasteiger partial charge is 0.241 e. The molecule has 2 aromatic rings. The molecule has 3 nitrogen and oxygen atoms in total. The van der Waals surface area contributed by atoms with E-state index in [-0.39, 0.29) is 18.3 Å². The quantitative estimate of drug-likeness (QED) is 0.908. The summed E-state index contributed by atoms with van der Waals surface area (Å²) in [7, 11) is 0. The summed E-state index contributed by atoms with van der Waals surface area (Å²) < 4.78 is 13.6. The number of carbonyl (C=O) groups is 1. The number of likely N-dealkylation sites (tertiary alicyclic amines) is 1. The summed E-state index contributed by atoms with van der Waals surface area (Å²) in [5.41, 5.74) is 1.74. The minimum atomic E-state index is -0.327. The van der Waals surface area contributed by atoms with Crippen LogP contribution in [0, 0.1) is 11.7 Å². The standard InChI is InChI=1S/C20H23FN2O/c21-18-8-4-5-9-19(18)22-15-20(24)23-12-10-17(11-13-23)14-16-6-2-1-3-7-16/h1-9,17,22H,10-15H2. The molecule has 126 valence electrons. The topological polar surface area (TPSA) is 32.3 Å². The van der Waals surface area contributed by atoms with Crippen LogP contribution >= 0.6 is 0 Å². The van der Waals surface area contributed by atoms with Crippen LogP contribution in [0.4, 0.5) is 10.1 Å². The van der Waals surface area contributed by atoms with E-state index in [9.17, 15) is 9.18 Å². The van der Waals surface area contributed by atoms with E-state index in [4.69, 9.17) is 0 Å². The van der Waals surface area contributed by atoms with Gasteiger partial charge < -0.3 is 10.2 Å². The van der Waals surface area contributed by atoms with Gasteiger partial charge in [0.1, 0.15) is 5.82 Å². The van der Waals surface area contributed by atoms with E-state index in [0.29, 0.717) is 11.6 Å². The van der Waals surface area contributed by atoms with Crippen molar-refractivity contribution in [2.75, 3.05) is 25.0 Å². The zero-order valence-corrected chi connectivity index (χ0v) is 13.7. The number of para-hydroxylation sites is 1. The van der Waals surface area contributed by atoms with E-state index in [1.165, 1.54) is 11.6 Å². The van der Waals surface area contributed by atoms with Crippen LogP contribution in [0.25, 0.3) is 0 Å². The second kappa shape index (κ2) is 7.95. The molecule has 1 amide bonds. The third-order valence-corrected chi connectivity index (χ3v) is 4.64. The van der Waals surface area contributed by atoms with Crippen LogP contribution in [0.3, 0.4) is 0 Å². The first-order valence-electron chi connectivity index (χ1n) is 8.52. The lowest BCUT2D eigenvalue weighted by molar-refractivity contribution is -0.130. The van der Waals surface area contributed by atoms with Crippen LogP contribution in [0.5, 0.6) is 0 Å². The Bertz CT molecular complexity index is 666. The maximum atomic E-state index is 13.6. The number of carbonyl (C=O) groups excluding carboxylic acids is 1. The maximum absolute atomic E-state index is 13.6. The van der Waals surface area contributed by atoms with Crippen molar-refractivity contribution in [1.29, 1.82) is 0 Å². The summed E-state index contributed by atoms with van der Waals surface area (Å²) in [6.07, 6.45) is 3.14. The van der Waals surface area contributed by atoms with Gasteiger partial charge in [0.05, 0.1) is 12.2 Å². The number of halogens is 1. The number of rotatable bonds is 5. The van der Waals surface area contributed by atoms with Gasteiger partial charge in [0.25, 0.3) is 0 Å². The molecule has 0 unspecified atom stereocenters. The van der Waals surface area contributed by atoms with Gasteiger partial charge in [-0.15, -0.1) is 0 Å². The second-order valence-electron chi connectivity index (χ2n) is 6.35. The largest absolute Gasteiger partial charge is 0.374 e. The molecule has 1 aliphatic heterocycles. The molecule has 0 aliphatic carbocycles. The minimum Gasteiger partial charge on any atom is -0.374 e. The van der Waals surface area contributed by atoms with E-state index >= 15 is 0 Å². The van der Waals surface area contributed by atoms with E-state index < -0.39 is 0 Å². The average molecular weight is 326 g/mol. The fourth-order valence-electron chi connectivity index (χ4n) is 3.22. The Hall–Kier alpha value is -2.36. The SMILES string of the molecule is O=C(CNc1ccccc1F)N1CCC(Cc2ccccc2)CC1. The molecule has 0 bridgehead atoms. The number of anilines is 1.